The van der Waals surface area contributed by atoms with Crippen LogP contribution in [0.2, 0.25) is 0 Å². The number of hydrogen-bond acceptors (Lipinski definition) is 4. The van der Waals surface area contributed by atoms with Gasteiger partial charge in [-0.05, 0) is 54.7 Å². The van der Waals surface area contributed by atoms with Gasteiger partial charge in [-0.15, -0.1) is 0 Å². The number of carbonyl (C=O) groups excluding carboxylic acids is 1. The quantitative estimate of drug-likeness (QED) is 0.767. The van der Waals surface area contributed by atoms with Crippen LogP contribution in [-0.4, -0.2) is 36.6 Å². The van der Waals surface area contributed by atoms with Crippen LogP contribution in [0.25, 0.3) is 6.08 Å². The molecule has 1 fully saturated rings. The second-order valence-electron chi connectivity index (χ2n) is 6.28. The van der Waals surface area contributed by atoms with E-state index in [0.717, 1.165) is 36.9 Å². The highest BCUT2D eigenvalue weighted by Gasteiger charge is 2.26. The van der Waals surface area contributed by atoms with Crippen LogP contribution in [0.3, 0.4) is 0 Å². The number of ether oxygens (including phenoxy) is 2. The van der Waals surface area contributed by atoms with Crippen molar-refractivity contribution in [2.24, 2.45) is 0 Å². The van der Waals surface area contributed by atoms with Crippen LogP contribution >= 0.6 is 0 Å². The summed E-state index contributed by atoms with van der Waals surface area (Å²) in [4.78, 5) is 18.9. The van der Waals surface area contributed by atoms with Gasteiger partial charge in [-0.2, -0.15) is 0 Å². The lowest BCUT2D eigenvalue weighted by Gasteiger charge is -2.35. The minimum Gasteiger partial charge on any atom is -0.493 e. The Kier molecular flexibility index (Phi) is 5.89. The van der Waals surface area contributed by atoms with Gasteiger partial charge in [0.25, 0.3) is 0 Å². The molecule has 0 spiro atoms. The van der Waals surface area contributed by atoms with E-state index in [0.29, 0.717) is 11.5 Å². The standard InChI is InChI=1S/C21H24N2O3/c1-25-19-10-8-16(14-20(19)26-2)9-11-21(24)23-13-4-3-7-18(23)17-6-5-12-22-15-17/h5-6,8-12,14-15,18H,3-4,7,13H2,1-2H3/b11-9+/t18-/m0/s1. The zero-order valence-corrected chi connectivity index (χ0v) is 15.2. The van der Waals surface area contributed by atoms with E-state index < -0.39 is 0 Å². The van der Waals surface area contributed by atoms with Crippen molar-refractivity contribution in [3.63, 3.8) is 0 Å². The summed E-state index contributed by atoms with van der Waals surface area (Å²) in [5.41, 5.74) is 1.99. The molecule has 2 aromatic rings. The van der Waals surface area contributed by atoms with Crippen molar-refractivity contribution >= 4 is 12.0 Å². The van der Waals surface area contributed by atoms with Crippen molar-refractivity contribution in [2.75, 3.05) is 20.8 Å². The van der Waals surface area contributed by atoms with Crippen molar-refractivity contribution in [2.45, 2.75) is 25.3 Å². The van der Waals surface area contributed by atoms with Crippen LogP contribution in [-0.2, 0) is 4.79 Å². The molecule has 0 aliphatic carbocycles. The van der Waals surface area contributed by atoms with E-state index in [2.05, 4.69) is 4.98 Å². The fraction of sp³-hybridized carbons (Fsp3) is 0.333. The SMILES string of the molecule is COc1ccc(/C=C/C(=O)N2CCCC[C@H]2c2cccnc2)cc1OC. The summed E-state index contributed by atoms with van der Waals surface area (Å²) in [6.45, 7) is 0.772. The first-order chi connectivity index (χ1) is 12.7. The predicted octanol–water partition coefficient (Wildman–Crippen LogP) is 3.87. The lowest BCUT2D eigenvalue weighted by Crippen LogP contribution is -2.37. The summed E-state index contributed by atoms with van der Waals surface area (Å²) in [7, 11) is 3.20. The smallest absolute Gasteiger partial charge is 0.247 e. The Bertz CT molecular complexity index is 774. The van der Waals surface area contributed by atoms with Gasteiger partial charge in [-0.25, -0.2) is 0 Å². The number of benzene rings is 1. The Morgan fingerprint density at radius 2 is 2.04 bits per heavy atom. The lowest BCUT2D eigenvalue weighted by atomic mass is 9.96. The van der Waals surface area contributed by atoms with E-state index in [9.17, 15) is 4.79 Å². The molecule has 0 radical (unpaired) electrons. The number of amides is 1. The number of pyridine rings is 1. The number of methoxy groups -OCH3 is 2. The number of carbonyl (C=O) groups is 1. The summed E-state index contributed by atoms with van der Waals surface area (Å²) in [5.74, 6) is 1.34. The molecular formula is C21H24N2O3. The molecule has 1 aromatic carbocycles. The van der Waals surface area contributed by atoms with Crippen LogP contribution in [0.4, 0.5) is 0 Å². The van der Waals surface area contributed by atoms with Crippen molar-refractivity contribution < 1.29 is 14.3 Å². The summed E-state index contributed by atoms with van der Waals surface area (Å²) in [6.07, 6.45) is 10.2. The van der Waals surface area contributed by atoms with Gasteiger partial charge in [-0.3, -0.25) is 9.78 Å². The van der Waals surface area contributed by atoms with Crippen LogP contribution in [0, 0.1) is 0 Å². The van der Waals surface area contributed by atoms with E-state index in [1.807, 2.05) is 47.5 Å². The van der Waals surface area contributed by atoms with Gasteiger partial charge in [0.05, 0.1) is 20.3 Å². The number of hydrogen-bond donors (Lipinski definition) is 0. The Labute approximate surface area is 154 Å². The van der Waals surface area contributed by atoms with E-state index in [1.165, 1.54) is 0 Å². The zero-order valence-electron chi connectivity index (χ0n) is 15.2. The second-order valence-corrected chi connectivity index (χ2v) is 6.28. The normalized spacial score (nSPS) is 17.3. The number of rotatable bonds is 5. The first kappa shape index (κ1) is 18.0. The first-order valence-electron chi connectivity index (χ1n) is 8.83. The Morgan fingerprint density at radius 1 is 1.19 bits per heavy atom. The van der Waals surface area contributed by atoms with Crippen LogP contribution in [0.1, 0.15) is 36.4 Å². The highest BCUT2D eigenvalue weighted by Crippen LogP contribution is 2.31. The highest BCUT2D eigenvalue weighted by molar-refractivity contribution is 5.92. The monoisotopic (exact) mass is 352 g/mol. The van der Waals surface area contributed by atoms with Gasteiger partial charge >= 0.3 is 0 Å². The molecule has 0 N–H and O–H groups in total. The van der Waals surface area contributed by atoms with Gasteiger partial charge in [0, 0.05) is 25.0 Å². The third-order valence-corrected chi connectivity index (χ3v) is 4.68. The second kappa shape index (κ2) is 8.52. The van der Waals surface area contributed by atoms with E-state index in [4.69, 9.17) is 9.47 Å². The maximum absolute atomic E-state index is 12.8. The van der Waals surface area contributed by atoms with E-state index in [-0.39, 0.29) is 11.9 Å². The van der Waals surface area contributed by atoms with Gasteiger partial charge in [0.1, 0.15) is 0 Å². The zero-order chi connectivity index (χ0) is 18.4. The average Bonchev–Trinajstić information content (AvgIpc) is 2.72. The van der Waals surface area contributed by atoms with Crippen LogP contribution in [0.15, 0.2) is 48.8 Å². The molecule has 2 heterocycles. The van der Waals surface area contributed by atoms with Crippen LogP contribution < -0.4 is 9.47 Å². The number of likely N-dealkylation sites (tertiary alicyclic amines) is 1. The predicted molar refractivity (Wildman–Crippen MR) is 101 cm³/mol. The topological polar surface area (TPSA) is 51.7 Å². The molecule has 0 unspecified atom stereocenters. The molecule has 1 aliphatic rings. The largest absolute Gasteiger partial charge is 0.493 e. The fourth-order valence-electron chi connectivity index (χ4n) is 3.33. The van der Waals surface area contributed by atoms with Gasteiger partial charge < -0.3 is 14.4 Å². The van der Waals surface area contributed by atoms with E-state index in [1.54, 1.807) is 26.5 Å². The molecule has 26 heavy (non-hydrogen) atoms. The molecule has 1 amide bonds. The summed E-state index contributed by atoms with van der Waals surface area (Å²) < 4.78 is 10.6. The maximum atomic E-state index is 12.8. The molecule has 1 aromatic heterocycles. The van der Waals surface area contributed by atoms with Crippen molar-refractivity contribution in [1.82, 2.24) is 9.88 Å². The third-order valence-electron chi connectivity index (χ3n) is 4.68. The van der Waals surface area contributed by atoms with Gasteiger partial charge in [-0.1, -0.05) is 12.1 Å². The molecule has 0 bridgehead atoms. The van der Waals surface area contributed by atoms with Crippen molar-refractivity contribution in [1.29, 1.82) is 0 Å². The maximum Gasteiger partial charge on any atom is 0.247 e. The Morgan fingerprint density at radius 3 is 2.77 bits per heavy atom. The van der Waals surface area contributed by atoms with Gasteiger partial charge in [0.2, 0.25) is 5.91 Å². The molecule has 5 nitrogen and oxygen atoms in total. The minimum atomic E-state index is 0.0216. The van der Waals surface area contributed by atoms with Crippen molar-refractivity contribution in [3.8, 4) is 11.5 Å². The minimum absolute atomic E-state index is 0.0216. The summed E-state index contributed by atoms with van der Waals surface area (Å²) in [5, 5.41) is 0. The Hall–Kier alpha value is -2.82. The molecule has 3 rings (SSSR count). The molecular weight excluding hydrogens is 328 g/mol. The van der Waals surface area contributed by atoms with Crippen LogP contribution in [0.5, 0.6) is 11.5 Å². The number of aromatic nitrogens is 1. The summed E-state index contributed by atoms with van der Waals surface area (Å²) in [6, 6.07) is 9.66. The Balaban J connectivity index is 1.76. The molecule has 1 saturated heterocycles. The number of nitrogens with zero attached hydrogens (tertiary/aromatic N) is 2. The number of piperidine rings is 1. The molecule has 0 saturated carbocycles. The fourth-order valence-corrected chi connectivity index (χ4v) is 3.33. The highest BCUT2D eigenvalue weighted by atomic mass is 16.5. The molecule has 1 atom stereocenters. The summed E-state index contributed by atoms with van der Waals surface area (Å²) >= 11 is 0. The van der Waals surface area contributed by atoms with E-state index >= 15 is 0 Å². The third kappa shape index (κ3) is 4.04. The average molecular weight is 352 g/mol. The van der Waals surface area contributed by atoms with Gasteiger partial charge in [0.15, 0.2) is 11.5 Å². The van der Waals surface area contributed by atoms with Crippen molar-refractivity contribution in [3.05, 3.63) is 59.9 Å². The molecule has 136 valence electrons. The lowest BCUT2D eigenvalue weighted by molar-refractivity contribution is -0.129. The molecule has 5 heteroatoms. The first-order valence-corrected chi connectivity index (χ1v) is 8.83. The molecule has 1 aliphatic heterocycles.